The Hall–Kier alpha value is -3.43. The van der Waals surface area contributed by atoms with Gasteiger partial charge in [-0.1, -0.05) is 12.1 Å². The first-order valence-corrected chi connectivity index (χ1v) is 9.15. The van der Waals surface area contributed by atoms with Gasteiger partial charge in [0, 0.05) is 17.8 Å². The lowest BCUT2D eigenvalue weighted by Crippen LogP contribution is -2.57. The van der Waals surface area contributed by atoms with Crippen molar-refractivity contribution in [1.29, 1.82) is 5.26 Å². The molecule has 0 bridgehead atoms. The fraction of sp³-hybridized carbons (Fsp3) is 0.227. The molecule has 1 amide bonds. The number of likely N-dealkylation sites (tertiary alicyclic amines) is 1. The summed E-state index contributed by atoms with van der Waals surface area (Å²) in [6.07, 6.45) is 3.51. The fourth-order valence-corrected chi connectivity index (χ4v) is 3.36. The molecule has 1 aliphatic rings. The predicted octanol–water partition coefficient (Wildman–Crippen LogP) is 2.58. The van der Waals surface area contributed by atoms with Gasteiger partial charge in [-0.2, -0.15) is 5.26 Å². The minimum atomic E-state index is -0.0371. The van der Waals surface area contributed by atoms with E-state index in [0.717, 1.165) is 27.6 Å². The first kappa shape index (κ1) is 18.0. The van der Waals surface area contributed by atoms with Crippen molar-refractivity contribution in [3.05, 3.63) is 60.4 Å². The van der Waals surface area contributed by atoms with E-state index >= 15 is 0 Å². The number of benzene rings is 2. The molecule has 1 saturated heterocycles. The number of ether oxygens (including phenoxy) is 1. The molecule has 28 heavy (non-hydrogen) atoms. The Morgan fingerprint density at radius 2 is 2.14 bits per heavy atom. The highest BCUT2D eigenvalue weighted by atomic mass is 16.5. The first-order chi connectivity index (χ1) is 13.7. The van der Waals surface area contributed by atoms with Gasteiger partial charge in [0.05, 0.1) is 31.3 Å². The van der Waals surface area contributed by atoms with Gasteiger partial charge in [-0.25, -0.2) is 0 Å². The van der Waals surface area contributed by atoms with E-state index in [-0.39, 0.29) is 12.0 Å². The van der Waals surface area contributed by atoms with Crippen LogP contribution in [0.3, 0.4) is 0 Å². The average molecular weight is 372 g/mol. The van der Waals surface area contributed by atoms with Gasteiger partial charge in [0.25, 0.3) is 0 Å². The molecule has 6 heteroatoms. The highest BCUT2D eigenvalue weighted by Gasteiger charge is 2.32. The Labute approximate surface area is 163 Å². The lowest BCUT2D eigenvalue weighted by Gasteiger charge is -2.39. The van der Waals surface area contributed by atoms with E-state index in [2.05, 4.69) is 22.4 Å². The van der Waals surface area contributed by atoms with Crippen molar-refractivity contribution in [2.45, 2.75) is 6.10 Å². The van der Waals surface area contributed by atoms with E-state index in [0.29, 0.717) is 25.2 Å². The topological polar surface area (TPSA) is 78.3 Å². The third-order valence-electron chi connectivity index (χ3n) is 4.87. The van der Waals surface area contributed by atoms with Crippen LogP contribution in [0.1, 0.15) is 5.56 Å². The molecule has 1 aliphatic heterocycles. The van der Waals surface area contributed by atoms with Crippen molar-refractivity contribution < 1.29 is 9.53 Å². The van der Waals surface area contributed by atoms with Gasteiger partial charge in [-0.3, -0.25) is 9.78 Å². The third kappa shape index (κ3) is 3.53. The molecule has 140 valence electrons. The Morgan fingerprint density at radius 3 is 2.93 bits per heavy atom. The van der Waals surface area contributed by atoms with Gasteiger partial charge >= 0.3 is 0 Å². The van der Waals surface area contributed by atoms with Crippen molar-refractivity contribution in [2.24, 2.45) is 0 Å². The highest BCUT2D eigenvalue weighted by Crippen LogP contribution is 2.34. The summed E-state index contributed by atoms with van der Waals surface area (Å²) in [6, 6.07) is 15.7. The van der Waals surface area contributed by atoms with Crippen LogP contribution in [0.5, 0.6) is 5.75 Å². The summed E-state index contributed by atoms with van der Waals surface area (Å²) >= 11 is 0. The molecular weight excluding hydrogens is 352 g/mol. The number of hydrogen-bond acceptors (Lipinski definition) is 5. The Kier molecular flexibility index (Phi) is 4.92. The van der Waals surface area contributed by atoms with Crippen molar-refractivity contribution in [3.63, 3.8) is 0 Å². The predicted molar refractivity (Wildman–Crippen MR) is 107 cm³/mol. The standard InChI is InChI=1S/C22H20N4O2/c1-24-12-22(27)26-13-19(14-26)28-21-9-18(8-17-5-6-25-11-20(17)21)16-4-2-3-15(7-16)10-23/h2-9,11,19,24H,12-14H2,1H3. The van der Waals surface area contributed by atoms with E-state index < -0.39 is 0 Å². The highest BCUT2D eigenvalue weighted by molar-refractivity contribution is 5.92. The van der Waals surface area contributed by atoms with Crippen LogP contribution >= 0.6 is 0 Å². The monoisotopic (exact) mass is 372 g/mol. The molecule has 3 aromatic rings. The number of carbonyl (C=O) groups excluding carboxylic acids is 1. The Morgan fingerprint density at radius 1 is 1.29 bits per heavy atom. The molecular formula is C22H20N4O2. The number of nitrogens with zero attached hydrogens (tertiary/aromatic N) is 3. The van der Waals surface area contributed by atoms with Crippen LogP contribution in [0.15, 0.2) is 54.9 Å². The minimum absolute atomic E-state index is 0.0371. The normalized spacial score (nSPS) is 13.8. The van der Waals surface area contributed by atoms with E-state index in [4.69, 9.17) is 4.74 Å². The van der Waals surface area contributed by atoms with Gasteiger partial charge in [-0.15, -0.1) is 0 Å². The molecule has 2 heterocycles. The molecule has 1 aromatic heterocycles. The van der Waals surface area contributed by atoms with Gasteiger partial charge in [0.15, 0.2) is 0 Å². The summed E-state index contributed by atoms with van der Waals surface area (Å²) in [4.78, 5) is 17.9. The van der Waals surface area contributed by atoms with Crippen LogP contribution in [0.25, 0.3) is 21.9 Å². The van der Waals surface area contributed by atoms with Crippen molar-refractivity contribution >= 4 is 16.7 Å². The zero-order chi connectivity index (χ0) is 19.5. The lowest BCUT2D eigenvalue weighted by molar-refractivity contribution is -0.138. The van der Waals surface area contributed by atoms with E-state index in [1.165, 1.54) is 0 Å². The van der Waals surface area contributed by atoms with Crippen LogP contribution in [0.2, 0.25) is 0 Å². The average Bonchev–Trinajstić information content (AvgIpc) is 2.70. The maximum atomic E-state index is 11.9. The van der Waals surface area contributed by atoms with Crippen LogP contribution in [-0.2, 0) is 4.79 Å². The fourth-order valence-electron chi connectivity index (χ4n) is 3.36. The number of amides is 1. The van der Waals surface area contributed by atoms with Gasteiger partial charge < -0.3 is 15.0 Å². The molecule has 6 nitrogen and oxygen atoms in total. The van der Waals surface area contributed by atoms with E-state index in [1.54, 1.807) is 30.4 Å². The van der Waals surface area contributed by atoms with Crippen molar-refractivity contribution in [3.8, 4) is 22.9 Å². The minimum Gasteiger partial charge on any atom is -0.486 e. The number of likely N-dealkylation sites (N-methyl/N-ethyl adjacent to an activating group) is 1. The number of rotatable bonds is 5. The quantitative estimate of drug-likeness (QED) is 0.745. The van der Waals surface area contributed by atoms with Gasteiger partial charge in [-0.05, 0) is 53.9 Å². The maximum Gasteiger partial charge on any atom is 0.236 e. The number of fused-ring (bicyclic) bond motifs is 1. The molecule has 0 atom stereocenters. The van der Waals surface area contributed by atoms with Crippen molar-refractivity contribution in [2.75, 3.05) is 26.7 Å². The SMILES string of the molecule is CNCC(=O)N1CC(Oc2cc(-c3cccc(C#N)c3)cc3ccncc23)C1. The number of pyridine rings is 1. The second-order valence-electron chi connectivity index (χ2n) is 6.83. The van der Waals surface area contributed by atoms with E-state index in [9.17, 15) is 10.1 Å². The number of aromatic nitrogens is 1. The van der Waals surface area contributed by atoms with Gasteiger partial charge in [0.2, 0.25) is 5.91 Å². The lowest BCUT2D eigenvalue weighted by atomic mass is 10.00. The summed E-state index contributed by atoms with van der Waals surface area (Å²) in [6.45, 7) is 1.50. The summed E-state index contributed by atoms with van der Waals surface area (Å²) in [5.41, 5.74) is 2.56. The molecule has 0 spiro atoms. The van der Waals surface area contributed by atoms with Crippen LogP contribution in [0, 0.1) is 11.3 Å². The van der Waals surface area contributed by atoms with Crippen LogP contribution < -0.4 is 10.1 Å². The Bertz CT molecular complexity index is 1070. The number of carbonyl (C=O) groups is 1. The molecule has 0 aliphatic carbocycles. The summed E-state index contributed by atoms with van der Waals surface area (Å²) in [5.74, 6) is 0.824. The molecule has 1 N–H and O–H groups in total. The second kappa shape index (κ2) is 7.67. The smallest absolute Gasteiger partial charge is 0.236 e. The van der Waals surface area contributed by atoms with Gasteiger partial charge in [0.1, 0.15) is 11.9 Å². The molecule has 0 radical (unpaired) electrons. The molecule has 4 rings (SSSR count). The largest absolute Gasteiger partial charge is 0.486 e. The van der Waals surface area contributed by atoms with E-state index in [1.807, 2.05) is 30.3 Å². The number of nitriles is 1. The molecule has 0 saturated carbocycles. The Balaban J connectivity index is 1.63. The molecule has 2 aromatic carbocycles. The summed E-state index contributed by atoms with van der Waals surface area (Å²) in [7, 11) is 1.76. The van der Waals surface area contributed by atoms with Crippen LogP contribution in [-0.4, -0.2) is 48.6 Å². The van der Waals surface area contributed by atoms with Crippen LogP contribution in [0.4, 0.5) is 0 Å². The molecule has 0 unspecified atom stereocenters. The zero-order valence-electron chi connectivity index (χ0n) is 15.6. The maximum absolute atomic E-state index is 11.9. The second-order valence-corrected chi connectivity index (χ2v) is 6.83. The number of hydrogen-bond donors (Lipinski definition) is 1. The zero-order valence-corrected chi connectivity index (χ0v) is 15.6. The summed E-state index contributed by atoms with van der Waals surface area (Å²) in [5, 5.41) is 14.0. The first-order valence-electron chi connectivity index (χ1n) is 9.15. The summed E-state index contributed by atoms with van der Waals surface area (Å²) < 4.78 is 6.22. The van der Waals surface area contributed by atoms with Crippen molar-refractivity contribution in [1.82, 2.24) is 15.2 Å². The number of nitrogens with one attached hydrogen (secondary N) is 1. The molecule has 1 fully saturated rings. The third-order valence-corrected chi connectivity index (χ3v) is 4.87.